The van der Waals surface area contributed by atoms with Crippen LogP contribution < -0.4 is 16.3 Å². The molecule has 2 aromatic rings. The number of amides is 2. The van der Waals surface area contributed by atoms with E-state index < -0.39 is 11.7 Å². The molecule has 0 radical (unpaired) electrons. The monoisotopic (exact) mass is 293 g/mol. The van der Waals surface area contributed by atoms with Gasteiger partial charge in [-0.15, -0.1) is 11.6 Å². The van der Waals surface area contributed by atoms with Crippen molar-refractivity contribution in [3.63, 3.8) is 0 Å². The Kier molecular flexibility index (Phi) is 4.73. The van der Waals surface area contributed by atoms with Gasteiger partial charge in [0.1, 0.15) is 11.4 Å². The number of hydrogen-bond acceptors (Lipinski definition) is 4. The van der Waals surface area contributed by atoms with Crippen molar-refractivity contribution in [1.29, 1.82) is 0 Å². The average molecular weight is 294 g/mol. The lowest BCUT2D eigenvalue weighted by atomic mass is 10.2. The molecular weight excluding hydrogens is 282 g/mol. The number of hydrogen-bond donors (Lipinski definition) is 2. The van der Waals surface area contributed by atoms with Gasteiger partial charge in [-0.1, -0.05) is 0 Å². The molecule has 0 saturated heterocycles. The zero-order valence-electron chi connectivity index (χ0n) is 10.4. The Labute approximate surface area is 119 Å². The van der Waals surface area contributed by atoms with Crippen LogP contribution in [0.1, 0.15) is 0 Å². The number of carbonyl (C=O) groups is 1. The molecule has 0 unspecified atom stereocenters. The second-order valence-corrected chi connectivity index (χ2v) is 4.19. The van der Waals surface area contributed by atoms with Gasteiger partial charge in [0, 0.05) is 30.4 Å². The number of aromatic nitrogens is 1. The molecule has 104 valence electrons. The molecule has 2 N–H and O–H groups in total. The maximum atomic E-state index is 11.8. The minimum Gasteiger partial charge on any atom is -0.421 e. The van der Waals surface area contributed by atoms with Crippen molar-refractivity contribution < 1.29 is 9.21 Å². The summed E-state index contributed by atoms with van der Waals surface area (Å²) in [7, 11) is 0. The lowest BCUT2D eigenvalue weighted by Crippen LogP contribution is -2.31. The first kappa shape index (κ1) is 14.1. The molecule has 20 heavy (non-hydrogen) atoms. The average Bonchev–Trinajstić information content (AvgIpc) is 2.48. The number of halogens is 1. The van der Waals surface area contributed by atoms with E-state index in [1.807, 2.05) is 0 Å². The van der Waals surface area contributed by atoms with Crippen LogP contribution in [0.15, 0.2) is 45.9 Å². The minimum absolute atomic E-state index is 0.0599. The summed E-state index contributed by atoms with van der Waals surface area (Å²) in [6.45, 7) is 0.312. The summed E-state index contributed by atoms with van der Waals surface area (Å²) in [5, 5.41) is 4.87. The lowest BCUT2D eigenvalue weighted by Gasteiger charge is -2.05. The minimum atomic E-state index is -0.632. The molecule has 2 aromatic heterocycles. The summed E-state index contributed by atoms with van der Waals surface area (Å²) in [6.07, 6.45) is 3.21. The Hall–Kier alpha value is -2.34. The molecule has 6 nitrogen and oxygen atoms in total. The first-order valence-electron chi connectivity index (χ1n) is 5.86. The van der Waals surface area contributed by atoms with E-state index in [-0.39, 0.29) is 5.69 Å². The molecule has 0 aliphatic heterocycles. The maximum absolute atomic E-state index is 11.8. The van der Waals surface area contributed by atoms with Crippen molar-refractivity contribution in [2.24, 2.45) is 0 Å². The molecule has 0 bridgehead atoms. The van der Waals surface area contributed by atoms with Crippen LogP contribution >= 0.6 is 11.6 Å². The van der Waals surface area contributed by atoms with Crippen molar-refractivity contribution in [2.45, 2.75) is 0 Å². The van der Waals surface area contributed by atoms with E-state index in [9.17, 15) is 9.59 Å². The normalized spacial score (nSPS) is 10.1. The SMILES string of the molecule is O=C(NCCCl)Nc1ccc(-c2cccnc2)oc1=O. The van der Waals surface area contributed by atoms with Gasteiger partial charge in [0.15, 0.2) is 0 Å². The van der Waals surface area contributed by atoms with Crippen molar-refractivity contribution in [2.75, 3.05) is 17.7 Å². The van der Waals surface area contributed by atoms with Crippen LogP contribution in [0.5, 0.6) is 0 Å². The van der Waals surface area contributed by atoms with Crippen LogP contribution in [-0.2, 0) is 0 Å². The number of pyridine rings is 1. The summed E-state index contributed by atoms with van der Waals surface area (Å²) < 4.78 is 5.14. The molecule has 0 fully saturated rings. The van der Waals surface area contributed by atoms with Crippen LogP contribution in [0.3, 0.4) is 0 Å². The number of anilines is 1. The fourth-order valence-corrected chi connectivity index (χ4v) is 1.59. The third-order valence-corrected chi connectivity index (χ3v) is 2.59. The molecule has 0 aromatic carbocycles. The summed E-state index contributed by atoms with van der Waals surface area (Å²) in [5.41, 5.74) is 0.111. The molecule has 2 rings (SSSR count). The van der Waals surface area contributed by atoms with E-state index in [0.717, 1.165) is 0 Å². The van der Waals surface area contributed by atoms with Crippen molar-refractivity contribution in [3.8, 4) is 11.3 Å². The molecular formula is C13H12ClN3O3. The van der Waals surface area contributed by atoms with Crippen LogP contribution in [0, 0.1) is 0 Å². The Morgan fingerprint density at radius 1 is 1.35 bits per heavy atom. The van der Waals surface area contributed by atoms with E-state index in [0.29, 0.717) is 23.7 Å². The molecule has 0 aliphatic carbocycles. The van der Waals surface area contributed by atoms with Gasteiger partial charge in [-0.05, 0) is 24.3 Å². The predicted octanol–water partition coefficient (Wildman–Crippen LogP) is 2.06. The van der Waals surface area contributed by atoms with E-state index >= 15 is 0 Å². The smallest absolute Gasteiger partial charge is 0.360 e. The van der Waals surface area contributed by atoms with Gasteiger partial charge in [-0.2, -0.15) is 0 Å². The van der Waals surface area contributed by atoms with Crippen molar-refractivity contribution >= 4 is 23.3 Å². The lowest BCUT2D eigenvalue weighted by molar-refractivity contribution is 0.252. The summed E-state index contributed by atoms with van der Waals surface area (Å²) in [5.74, 6) is 0.678. The zero-order valence-corrected chi connectivity index (χ0v) is 11.2. The Balaban J connectivity index is 2.15. The van der Waals surface area contributed by atoms with Crippen LogP contribution in [0.25, 0.3) is 11.3 Å². The third kappa shape index (κ3) is 3.58. The van der Waals surface area contributed by atoms with E-state index in [4.69, 9.17) is 16.0 Å². The van der Waals surface area contributed by atoms with Gasteiger partial charge in [0.25, 0.3) is 0 Å². The molecule has 0 aliphatic rings. The Bertz CT molecular complexity index is 643. The first-order chi connectivity index (χ1) is 9.70. The van der Waals surface area contributed by atoms with E-state index in [1.165, 1.54) is 6.07 Å². The van der Waals surface area contributed by atoms with Crippen molar-refractivity contribution in [1.82, 2.24) is 10.3 Å². The van der Waals surface area contributed by atoms with Gasteiger partial charge in [0.05, 0.1) is 0 Å². The molecule has 0 atom stereocenters. The molecule has 7 heteroatoms. The highest BCUT2D eigenvalue weighted by molar-refractivity contribution is 6.18. The fraction of sp³-hybridized carbons (Fsp3) is 0.154. The first-order valence-corrected chi connectivity index (χ1v) is 6.39. The highest BCUT2D eigenvalue weighted by Gasteiger charge is 2.08. The highest BCUT2D eigenvalue weighted by Crippen LogP contribution is 2.17. The van der Waals surface area contributed by atoms with Gasteiger partial charge in [-0.3, -0.25) is 4.98 Å². The van der Waals surface area contributed by atoms with E-state index in [2.05, 4.69) is 15.6 Å². The number of urea groups is 1. The summed E-state index contributed by atoms with van der Waals surface area (Å²) >= 11 is 5.44. The van der Waals surface area contributed by atoms with Gasteiger partial charge >= 0.3 is 11.7 Å². The van der Waals surface area contributed by atoms with Crippen LogP contribution in [-0.4, -0.2) is 23.4 Å². The molecule has 0 spiro atoms. The second kappa shape index (κ2) is 6.72. The second-order valence-electron chi connectivity index (χ2n) is 3.81. The number of rotatable bonds is 4. The number of nitrogens with one attached hydrogen (secondary N) is 2. The van der Waals surface area contributed by atoms with Gasteiger partial charge < -0.3 is 15.1 Å². The Morgan fingerprint density at radius 2 is 2.20 bits per heavy atom. The topological polar surface area (TPSA) is 84.2 Å². The molecule has 2 heterocycles. The Morgan fingerprint density at radius 3 is 2.85 bits per heavy atom. The highest BCUT2D eigenvalue weighted by atomic mass is 35.5. The van der Waals surface area contributed by atoms with Crippen LogP contribution in [0.4, 0.5) is 10.5 Å². The zero-order chi connectivity index (χ0) is 14.4. The number of nitrogens with zero attached hydrogens (tertiary/aromatic N) is 1. The fourth-order valence-electron chi connectivity index (χ4n) is 1.50. The van der Waals surface area contributed by atoms with Crippen LogP contribution in [0.2, 0.25) is 0 Å². The number of alkyl halides is 1. The van der Waals surface area contributed by atoms with E-state index in [1.54, 1.807) is 30.6 Å². The standard InChI is InChI=1S/C13H12ClN3O3/c14-5-7-16-13(19)17-10-3-4-11(20-12(10)18)9-2-1-6-15-8-9/h1-4,6,8H,5,7H2,(H2,16,17,19). The maximum Gasteiger partial charge on any atom is 0.360 e. The predicted molar refractivity (Wildman–Crippen MR) is 76.0 cm³/mol. The third-order valence-electron chi connectivity index (χ3n) is 2.40. The van der Waals surface area contributed by atoms with Gasteiger partial charge in [-0.25, -0.2) is 9.59 Å². The summed E-state index contributed by atoms with van der Waals surface area (Å²) in [6, 6.07) is 6.07. The molecule has 0 saturated carbocycles. The van der Waals surface area contributed by atoms with Gasteiger partial charge in [0.2, 0.25) is 0 Å². The molecule has 2 amide bonds. The van der Waals surface area contributed by atoms with Crippen molar-refractivity contribution in [3.05, 3.63) is 47.1 Å². The largest absolute Gasteiger partial charge is 0.421 e. The summed E-state index contributed by atoms with van der Waals surface area (Å²) in [4.78, 5) is 27.1. The quantitative estimate of drug-likeness (QED) is 0.845. The number of carbonyl (C=O) groups excluding carboxylic acids is 1.